The summed E-state index contributed by atoms with van der Waals surface area (Å²) in [5.41, 5.74) is 0.307. The maximum absolute atomic E-state index is 12.1. The van der Waals surface area contributed by atoms with E-state index in [1.54, 1.807) is 24.3 Å². The molecule has 0 unspecified atom stereocenters. The Morgan fingerprint density at radius 2 is 1.82 bits per heavy atom. The molecule has 1 N–H and O–H groups in total. The van der Waals surface area contributed by atoms with Crippen molar-refractivity contribution in [1.29, 1.82) is 0 Å². The van der Waals surface area contributed by atoms with Crippen molar-refractivity contribution >= 4 is 33.6 Å². The lowest BCUT2D eigenvalue weighted by Crippen LogP contribution is -2.46. The van der Waals surface area contributed by atoms with Gasteiger partial charge >= 0.3 is 0 Å². The molecule has 122 valence electrons. The van der Waals surface area contributed by atoms with E-state index in [1.165, 1.54) is 13.1 Å². The number of nitrogens with one attached hydrogen (secondary N) is 1. The Labute approximate surface area is 137 Å². The molecule has 0 aliphatic rings. The highest BCUT2D eigenvalue weighted by Crippen LogP contribution is 2.12. The van der Waals surface area contributed by atoms with Crippen LogP contribution in [-0.4, -0.2) is 37.8 Å². The lowest BCUT2D eigenvalue weighted by Gasteiger charge is -2.22. The molecule has 1 aromatic rings. The molecule has 7 heteroatoms. The monoisotopic (exact) mass is 344 g/mol. The maximum Gasteiger partial charge on any atom is 0.236 e. The van der Waals surface area contributed by atoms with Gasteiger partial charge < -0.3 is 5.32 Å². The van der Waals surface area contributed by atoms with Gasteiger partial charge in [-0.25, -0.2) is 8.42 Å². The summed E-state index contributed by atoms with van der Waals surface area (Å²) in [6.45, 7) is 5.27. The van der Waals surface area contributed by atoms with Crippen LogP contribution < -0.4 is 5.32 Å². The van der Waals surface area contributed by atoms with Gasteiger partial charge in [0.05, 0.1) is 6.54 Å². The van der Waals surface area contributed by atoms with Gasteiger partial charge in [-0.3, -0.25) is 4.79 Å². The largest absolute Gasteiger partial charge is 0.350 e. The number of amides is 1. The summed E-state index contributed by atoms with van der Waals surface area (Å²) in [7, 11) is -2.30. The Kier molecular flexibility index (Phi) is 6.17. The number of hydrogen-bond donors (Lipinski definition) is 1. The molecule has 0 aliphatic carbocycles. The van der Waals surface area contributed by atoms with Gasteiger partial charge in [-0.1, -0.05) is 23.7 Å². The number of sulfonamides is 1. The maximum atomic E-state index is 12.1. The Bertz CT molecular complexity index is 646. The molecule has 0 heterocycles. The molecule has 1 rings (SSSR count). The van der Waals surface area contributed by atoms with Gasteiger partial charge in [0.15, 0.2) is 0 Å². The quantitative estimate of drug-likeness (QED) is 0.892. The van der Waals surface area contributed by atoms with Crippen LogP contribution >= 0.6 is 11.6 Å². The molecule has 0 aliphatic heterocycles. The van der Waals surface area contributed by atoms with E-state index >= 15 is 0 Å². The van der Waals surface area contributed by atoms with Crippen LogP contribution in [0.5, 0.6) is 0 Å². The summed E-state index contributed by atoms with van der Waals surface area (Å²) in [6.07, 6.45) is 1.46. The molecule has 5 nitrogen and oxygen atoms in total. The smallest absolute Gasteiger partial charge is 0.236 e. The minimum atomic E-state index is -3.66. The average molecular weight is 345 g/mol. The lowest BCUT2D eigenvalue weighted by molar-refractivity contribution is -0.122. The highest BCUT2D eigenvalue weighted by molar-refractivity contribution is 7.92. The standard InChI is InChI=1S/C15H21ClN2O3S/c1-15(2,3)17-14(19)11-18(4)22(20,21)10-9-12-5-7-13(16)8-6-12/h5-10H,11H2,1-4H3,(H,17,19)/b10-9+. The number of benzene rings is 1. The van der Waals surface area contributed by atoms with E-state index in [4.69, 9.17) is 11.6 Å². The van der Waals surface area contributed by atoms with Crippen molar-refractivity contribution in [3.05, 3.63) is 40.3 Å². The van der Waals surface area contributed by atoms with Crippen LogP contribution in [0, 0.1) is 0 Å². The molecule has 0 aromatic heterocycles. The van der Waals surface area contributed by atoms with Gasteiger partial charge in [-0.2, -0.15) is 4.31 Å². The van der Waals surface area contributed by atoms with Crippen molar-refractivity contribution in [3.8, 4) is 0 Å². The van der Waals surface area contributed by atoms with Crippen LogP contribution in [0.3, 0.4) is 0 Å². The first-order valence-corrected chi connectivity index (χ1v) is 8.59. The summed E-state index contributed by atoms with van der Waals surface area (Å²) in [5, 5.41) is 4.37. The van der Waals surface area contributed by atoms with E-state index in [9.17, 15) is 13.2 Å². The summed E-state index contributed by atoms with van der Waals surface area (Å²) < 4.78 is 25.2. The molecule has 0 atom stereocenters. The van der Waals surface area contributed by atoms with Crippen molar-refractivity contribution < 1.29 is 13.2 Å². The minimum absolute atomic E-state index is 0.232. The van der Waals surface area contributed by atoms with Crippen molar-refractivity contribution in [2.75, 3.05) is 13.6 Å². The van der Waals surface area contributed by atoms with E-state index in [1.807, 2.05) is 20.8 Å². The second kappa shape index (κ2) is 7.26. The fourth-order valence-electron chi connectivity index (χ4n) is 1.59. The number of likely N-dealkylation sites (N-methyl/N-ethyl adjacent to an activating group) is 1. The molecule has 1 aromatic carbocycles. The van der Waals surface area contributed by atoms with E-state index < -0.39 is 15.6 Å². The van der Waals surface area contributed by atoms with Gasteiger partial charge in [-0.15, -0.1) is 0 Å². The minimum Gasteiger partial charge on any atom is -0.350 e. The Balaban J connectivity index is 2.72. The predicted octanol–water partition coefficient (Wildman–Crippen LogP) is 2.49. The zero-order chi connectivity index (χ0) is 17.0. The molecule has 1 amide bonds. The molecular weight excluding hydrogens is 324 g/mol. The zero-order valence-electron chi connectivity index (χ0n) is 13.1. The molecule has 0 spiro atoms. The fraction of sp³-hybridized carbons (Fsp3) is 0.400. The van der Waals surface area contributed by atoms with Crippen molar-refractivity contribution in [2.45, 2.75) is 26.3 Å². The topological polar surface area (TPSA) is 66.5 Å². The first-order valence-electron chi connectivity index (χ1n) is 6.71. The van der Waals surface area contributed by atoms with Gasteiger partial charge in [0.1, 0.15) is 0 Å². The highest BCUT2D eigenvalue weighted by Gasteiger charge is 2.20. The van der Waals surface area contributed by atoms with Crippen LogP contribution in [0.25, 0.3) is 6.08 Å². The first-order chi connectivity index (χ1) is 9.99. The predicted molar refractivity (Wildman–Crippen MR) is 89.9 cm³/mol. The third kappa shape index (κ3) is 6.60. The van der Waals surface area contributed by atoms with Crippen LogP contribution in [0.1, 0.15) is 26.3 Å². The third-order valence-corrected chi connectivity index (χ3v) is 4.35. The molecule has 0 bridgehead atoms. The number of carbonyl (C=O) groups excluding carboxylic acids is 1. The molecule has 0 radical (unpaired) electrons. The zero-order valence-corrected chi connectivity index (χ0v) is 14.7. The third-order valence-electron chi connectivity index (χ3n) is 2.62. The molecule has 0 saturated heterocycles. The SMILES string of the molecule is CN(CC(=O)NC(C)(C)C)S(=O)(=O)/C=C/c1ccc(Cl)cc1. The molecule has 0 saturated carbocycles. The second-order valence-corrected chi connectivity index (χ2v) is 8.32. The molecule has 0 fully saturated rings. The van der Waals surface area contributed by atoms with Gasteiger partial charge in [0.2, 0.25) is 15.9 Å². The number of nitrogens with zero attached hydrogens (tertiary/aromatic N) is 1. The van der Waals surface area contributed by atoms with Crippen LogP contribution in [-0.2, 0) is 14.8 Å². The highest BCUT2D eigenvalue weighted by atomic mass is 35.5. The summed E-state index contributed by atoms with van der Waals surface area (Å²) in [6, 6.07) is 6.77. The summed E-state index contributed by atoms with van der Waals surface area (Å²) >= 11 is 5.77. The van der Waals surface area contributed by atoms with Gasteiger partial charge in [-0.05, 0) is 44.5 Å². The first kappa shape index (κ1) is 18.7. The fourth-order valence-corrected chi connectivity index (χ4v) is 2.55. The number of carbonyl (C=O) groups is 1. The average Bonchev–Trinajstić information content (AvgIpc) is 2.35. The normalized spacial score (nSPS) is 12.8. The van der Waals surface area contributed by atoms with E-state index in [0.717, 1.165) is 9.71 Å². The van der Waals surface area contributed by atoms with Crippen LogP contribution in [0.2, 0.25) is 5.02 Å². The Morgan fingerprint density at radius 3 is 2.32 bits per heavy atom. The van der Waals surface area contributed by atoms with E-state index in [2.05, 4.69) is 5.32 Å². The van der Waals surface area contributed by atoms with Gasteiger partial charge in [0, 0.05) is 23.0 Å². The number of halogens is 1. The van der Waals surface area contributed by atoms with Crippen LogP contribution in [0.4, 0.5) is 0 Å². The van der Waals surface area contributed by atoms with E-state index in [-0.39, 0.29) is 12.5 Å². The molecular formula is C15H21ClN2O3S. The number of rotatable bonds is 5. The van der Waals surface area contributed by atoms with Gasteiger partial charge in [0.25, 0.3) is 0 Å². The van der Waals surface area contributed by atoms with Crippen molar-refractivity contribution in [3.63, 3.8) is 0 Å². The van der Waals surface area contributed by atoms with Crippen molar-refractivity contribution in [1.82, 2.24) is 9.62 Å². The Morgan fingerprint density at radius 1 is 1.27 bits per heavy atom. The van der Waals surface area contributed by atoms with E-state index in [0.29, 0.717) is 10.6 Å². The summed E-state index contributed by atoms with van der Waals surface area (Å²) in [4.78, 5) is 11.8. The lowest BCUT2D eigenvalue weighted by atomic mass is 10.1. The number of hydrogen-bond acceptors (Lipinski definition) is 3. The second-order valence-electron chi connectivity index (χ2n) is 5.95. The summed E-state index contributed by atoms with van der Waals surface area (Å²) in [5.74, 6) is -0.349. The van der Waals surface area contributed by atoms with Crippen molar-refractivity contribution in [2.24, 2.45) is 0 Å². The molecule has 22 heavy (non-hydrogen) atoms. The Hall–Kier alpha value is -1.37. The van der Waals surface area contributed by atoms with Crippen LogP contribution in [0.15, 0.2) is 29.7 Å².